The number of Topliss-reactive ketones (excluding diaryl/α,β-unsaturated/α-hetero) is 1. The number of fused-ring (bicyclic) bond motifs is 3. The third-order valence-corrected chi connectivity index (χ3v) is 7.26. The number of nitrogens with one attached hydrogen (secondary N) is 1. The second kappa shape index (κ2) is 8.31. The lowest BCUT2D eigenvalue weighted by molar-refractivity contribution is -0.116. The van der Waals surface area contributed by atoms with Crippen molar-refractivity contribution in [3.8, 4) is 11.5 Å². The van der Waals surface area contributed by atoms with E-state index in [4.69, 9.17) is 14.5 Å². The summed E-state index contributed by atoms with van der Waals surface area (Å²) < 4.78 is 13.2. The van der Waals surface area contributed by atoms with Crippen molar-refractivity contribution in [2.75, 3.05) is 19.5 Å². The first-order chi connectivity index (χ1) is 17.1. The quantitative estimate of drug-likeness (QED) is 0.414. The molecule has 35 heavy (non-hydrogen) atoms. The highest BCUT2D eigenvalue weighted by molar-refractivity contribution is 6.01. The number of nitrogens with zero attached hydrogens (tertiary/aromatic N) is 2. The second-order valence-corrected chi connectivity index (χ2v) is 9.21. The third kappa shape index (κ3) is 3.40. The molecule has 176 valence electrons. The predicted octanol–water partition coefficient (Wildman–Crippen LogP) is 5.78. The zero-order valence-electron chi connectivity index (χ0n) is 20.0. The molecule has 1 aliphatic heterocycles. The molecular formula is C29H27N3O3. The number of hydrogen-bond donors (Lipinski definition) is 1. The van der Waals surface area contributed by atoms with Crippen molar-refractivity contribution in [1.29, 1.82) is 0 Å². The number of methoxy groups -OCH3 is 2. The summed E-state index contributed by atoms with van der Waals surface area (Å²) in [6.45, 7) is 2.11. The van der Waals surface area contributed by atoms with E-state index >= 15 is 0 Å². The Labute approximate surface area is 204 Å². The zero-order valence-corrected chi connectivity index (χ0v) is 20.0. The molecule has 0 bridgehead atoms. The Morgan fingerprint density at radius 3 is 2.54 bits per heavy atom. The molecule has 0 fully saturated rings. The van der Waals surface area contributed by atoms with Crippen LogP contribution >= 0.6 is 0 Å². The largest absolute Gasteiger partial charge is 0.497 e. The lowest BCUT2D eigenvalue weighted by Crippen LogP contribution is -2.33. The van der Waals surface area contributed by atoms with E-state index in [1.165, 1.54) is 0 Å². The summed E-state index contributed by atoms with van der Waals surface area (Å²) in [5.74, 6) is 2.40. The maximum Gasteiger partial charge on any atom is 0.209 e. The summed E-state index contributed by atoms with van der Waals surface area (Å²) in [5.41, 5.74) is 7.00. The van der Waals surface area contributed by atoms with Gasteiger partial charge in [-0.2, -0.15) is 0 Å². The topological polar surface area (TPSA) is 65.4 Å². The van der Waals surface area contributed by atoms with Gasteiger partial charge in [-0.1, -0.05) is 42.5 Å². The fourth-order valence-corrected chi connectivity index (χ4v) is 5.59. The van der Waals surface area contributed by atoms with E-state index in [2.05, 4.69) is 35.0 Å². The lowest BCUT2D eigenvalue weighted by atomic mass is 9.77. The van der Waals surface area contributed by atoms with E-state index in [-0.39, 0.29) is 17.7 Å². The smallest absolute Gasteiger partial charge is 0.209 e. The Morgan fingerprint density at radius 1 is 0.943 bits per heavy atom. The molecule has 0 amide bonds. The van der Waals surface area contributed by atoms with Gasteiger partial charge in [0.25, 0.3) is 0 Å². The van der Waals surface area contributed by atoms with Crippen LogP contribution in [0.4, 0.5) is 5.95 Å². The van der Waals surface area contributed by atoms with Gasteiger partial charge in [-0.15, -0.1) is 0 Å². The van der Waals surface area contributed by atoms with E-state index in [0.717, 1.165) is 56.4 Å². The highest BCUT2D eigenvalue weighted by Gasteiger charge is 2.40. The van der Waals surface area contributed by atoms with Gasteiger partial charge in [0.05, 0.1) is 31.3 Å². The summed E-state index contributed by atoms with van der Waals surface area (Å²) in [5, 5.41) is 3.54. The molecule has 6 rings (SSSR count). The molecule has 3 aromatic carbocycles. The van der Waals surface area contributed by atoms with Crippen LogP contribution in [0, 0.1) is 6.92 Å². The van der Waals surface area contributed by atoms with Gasteiger partial charge in [0, 0.05) is 29.7 Å². The fourth-order valence-electron chi connectivity index (χ4n) is 5.59. The number of ketones is 1. The molecule has 0 radical (unpaired) electrons. The van der Waals surface area contributed by atoms with Crippen LogP contribution in [0.15, 0.2) is 78.0 Å². The first-order valence-electron chi connectivity index (χ1n) is 11.9. The molecule has 4 aromatic rings. The number of para-hydroxylation sites is 2. The van der Waals surface area contributed by atoms with E-state index in [0.29, 0.717) is 12.8 Å². The number of carbonyl (C=O) groups excluding carboxylic acids is 1. The molecule has 0 saturated carbocycles. The lowest BCUT2D eigenvalue weighted by Gasteiger charge is -2.37. The Bertz CT molecular complexity index is 1500. The Kier molecular flexibility index (Phi) is 5.10. The van der Waals surface area contributed by atoms with Gasteiger partial charge in [0.2, 0.25) is 5.95 Å². The predicted molar refractivity (Wildman–Crippen MR) is 136 cm³/mol. The summed E-state index contributed by atoms with van der Waals surface area (Å²) >= 11 is 0. The molecular weight excluding hydrogens is 438 g/mol. The monoisotopic (exact) mass is 465 g/mol. The highest BCUT2D eigenvalue weighted by Crippen LogP contribution is 2.47. The molecule has 2 unspecified atom stereocenters. The Balaban J connectivity index is 1.51. The molecule has 2 heterocycles. The van der Waals surface area contributed by atoms with Gasteiger partial charge in [-0.3, -0.25) is 9.36 Å². The maximum absolute atomic E-state index is 13.9. The van der Waals surface area contributed by atoms with Crippen LogP contribution in [0.25, 0.3) is 11.0 Å². The van der Waals surface area contributed by atoms with Gasteiger partial charge in [-0.25, -0.2) is 4.98 Å². The summed E-state index contributed by atoms with van der Waals surface area (Å²) in [6.07, 6.45) is 1.13. The van der Waals surface area contributed by atoms with Crippen molar-refractivity contribution in [3.05, 3.63) is 94.7 Å². The molecule has 6 heteroatoms. The van der Waals surface area contributed by atoms with E-state index in [1.807, 2.05) is 48.5 Å². The number of benzene rings is 3. The van der Waals surface area contributed by atoms with Crippen LogP contribution in [-0.4, -0.2) is 29.6 Å². The normalized spacial score (nSPS) is 19.2. The zero-order chi connectivity index (χ0) is 24.1. The van der Waals surface area contributed by atoms with Crippen molar-refractivity contribution >= 4 is 22.8 Å². The minimum absolute atomic E-state index is 0.00283. The minimum Gasteiger partial charge on any atom is -0.497 e. The van der Waals surface area contributed by atoms with Gasteiger partial charge in [0.1, 0.15) is 11.5 Å². The van der Waals surface area contributed by atoms with E-state index in [1.54, 1.807) is 14.2 Å². The summed E-state index contributed by atoms with van der Waals surface area (Å²) in [4.78, 5) is 18.8. The van der Waals surface area contributed by atoms with Gasteiger partial charge in [-0.05, 0) is 48.2 Å². The number of anilines is 1. The van der Waals surface area contributed by atoms with Gasteiger partial charge >= 0.3 is 0 Å². The maximum atomic E-state index is 13.9. The van der Waals surface area contributed by atoms with Crippen molar-refractivity contribution < 1.29 is 14.3 Å². The third-order valence-electron chi connectivity index (χ3n) is 7.26. The summed E-state index contributed by atoms with van der Waals surface area (Å²) in [6, 6.07) is 22.0. The molecule has 0 saturated heterocycles. The number of aryl methyl sites for hydroxylation is 1. The number of hydrogen-bond acceptors (Lipinski definition) is 5. The van der Waals surface area contributed by atoms with Gasteiger partial charge in [0.15, 0.2) is 5.78 Å². The van der Waals surface area contributed by atoms with Gasteiger partial charge < -0.3 is 14.8 Å². The van der Waals surface area contributed by atoms with E-state index < -0.39 is 0 Å². The number of carbonyl (C=O) groups is 1. The molecule has 0 spiro atoms. The molecule has 6 nitrogen and oxygen atoms in total. The first kappa shape index (κ1) is 21.5. The highest BCUT2D eigenvalue weighted by atomic mass is 16.5. The number of aromatic nitrogens is 2. The first-order valence-corrected chi connectivity index (χ1v) is 11.9. The number of imidazole rings is 1. The van der Waals surface area contributed by atoms with Crippen LogP contribution < -0.4 is 14.8 Å². The molecule has 2 atom stereocenters. The second-order valence-electron chi connectivity index (χ2n) is 9.21. The van der Waals surface area contributed by atoms with Crippen LogP contribution in [-0.2, 0) is 4.79 Å². The van der Waals surface area contributed by atoms with Crippen molar-refractivity contribution in [3.63, 3.8) is 0 Å². The van der Waals surface area contributed by atoms with Crippen LogP contribution in [0.2, 0.25) is 0 Å². The van der Waals surface area contributed by atoms with Crippen LogP contribution in [0.3, 0.4) is 0 Å². The van der Waals surface area contributed by atoms with Crippen LogP contribution in [0.1, 0.15) is 41.5 Å². The number of rotatable bonds is 4. The van der Waals surface area contributed by atoms with E-state index in [9.17, 15) is 4.79 Å². The average Bonchev–Trinajstić information content (AvgIpc) is 3.25. The SMILES string of the molecule is COc1ccc(C2CC(=O)C3=C(C2)Nc2nc4ccccc4n2C3c2ccccc2C)c(OC)c1. The number of allylic oxidation sites excluding steroid dienone is 2. The molecule has 1 aromatic heterocycles. The number of ether oxygens (including phenoxy) is 2. The molecule has 2 aliphatic rings. The molecule has 1 aliphatic carbocycles. The molecule has 1 N–H and O–H groups in total. The average molecular weight is 466 g/mol. The standard InChI is InChI=1S/C29H27N3O3/c1-17-8-4-5-9-20(17)28-27-23(31-29-30-22-10-6-7-11-24(22)32(28)29)14-18(15-25(27)33)21-13-12-19(34-2)16-26(21)35-3/h4-13,16,18,28H,14-15H2,1-3H3,(H,30,31). The minimum atomic E-state index is -0.221. The van der Waals surface area contributed by atoms with Crippen molar-refractivity contribution in [2.24, 2.45) is 0 Å². The Hall–Kier alpha value is -4.06. The fraction of sp³-hybridized carbons (Fsp3) is 0.241. The van der Waals surface area contributed by atoms with Crippen LogP contribution in [0.5, 0.6) is 11.5 Å². The van der Waals surface area contributed by atoms with Crippen molar-refractivity contribution in [1.82, 2.24) is 9.55 Å². The van der Waals surface area contributed by atoms with Crippen molar-refractivity contribution in [2.45, 2.75) is 31.7 Å². The summed E-state index contributed by atoms with van der Waals surface area (Å²) in [7, 11) is 3.29. The Morgan fingerprint density at radius 2 is 1.74 bits per heavy atom.